The molecule has 6 heteroatoms. The van der Waals surface area contributed by atoms with Crippen molar-refractivity contribution in [3.63, 3.8) is 0 Å². The molecule has 0 aliphatic carbocycles. The van der Waals surface area contributed by atoms with Gasteiger partial charge in [0, 0.05) is 0 Å². The van der Waals surface area contributed by atoms with Crippen LogP contribution < -0.4 is 0 Å². The van der Waals surface area contributed by atoms with E-state index in [0.29, 0.717) is 0 Å². The fourth-order valence-corrected chi connectivity index (χ4v) is 1.15. The molecule has 6 nitrogen and oxygen atoms in total. The zero-order valence-corrected chi connectivity index (χ0v) is 13.0. The average molecular weight is 328 g/mol. The van der Waals surface area contributed by atoms with E-state index in [1.807, 2.05) is 109 Å². The summed E-state index contributed by atoms with van der Waals surface area (Å²) in [6.07, 6.45) is 0. The highest BCUT2D eigenvalue weighted by atomic mass is 16.6. The lowest BCUT2D eigenvalue weighted by Crippen LogP contribution is -1.47. The van der Waals surface area contributed by atoms with Gasteiger partial charge in [0.1, 0.15) is 0 Å². The van der Waals surface area contributed by atoms with Crippen molar-refractivity contribution in [3.05, 3.63) is 119 Å². The first kappa shape index (κ1) is 22.7. The Morgan fingerprint density at radius 3 is 0.417 bits per heavy atom. The molecule has 0 bridgehead atoms. The van der Waals surface area contributed by atoms with E-state index in [1.165, 1.54) is 10.7 Å². The molecule has 0 radical (unpaired) electrons. The molecule has 0 spiro atoms. The van der Waals surface area contributed by atoms with E-state index in [2.05, 4.69) is 0 Å². The standard InChI is InChI=1S/3C6H6.2HNO2/c3*1-2-4-6-5-3-1;2*2-1-3/h3*1-6H;2*(H,2,3). The molecule has 2 N–H and O–H groups in total. The summed E-state index contributed by atoms with van der Waals surface area (Å²) in [6, 6.07) is 36.0. The first-order valence-corrected chi connectivity index (χ1v) is 6.77. The Morgan fingerprint density at radius 2 is 0.375 bits per heavy atom. The minimum absolute atomic E-state index is 1.25. The molecule has 0 saturated carbocycles. The van der Waals surface area contributed by atoms with Crippen LogP contribution in [0.1, 0.15) is 0 Å². The maximum Gasteiger partial charge on any atom is 0.152 e. The largest absolute Gasteiger partial charge is 0.379 e. The lowest BCUT2D eigenvalue weighted by molar-refractivity contribution is 0.312. The van der Waals surface area contributed by atoms with Gasteiger partial charge >= 0.3 is 0 Å². The van der Waals surface area contributed by atoms with Gasteiger partial charge in [-0.3, -0.25) is 0 Å². The van der Waals surface area contributed by atoms with E-state index in [1.54, 1.807) is 0 Å². The van der Waals surface area contributed by atoms with Gasteiger partial charge < -0.3 is 10.4 Å². The maximum atomic E-state index is 8.11. The minimum Gasteiger partial charge on any atom is -0.379 e. The SMILES string of the molecule is O=NO.O=NO.c1ccccc1.c1ccccc1.c1ccccc1. The van der Waals surface area contributed by atoms with Crippen molar-refractivity contribution >= 4 is 0 Å². The van der Waals surface area contributed by atoms with Gasteiger partial charge in [0.25, 0.3) is 0 Å². The molecule has 24 heavy (non-hydrogen) atoms. The third kappa shape index (κ3) is 26.9. The van der Waals surface area contributed by atoms with Crippen molar-refractivity contribution in [1.29, 1.82) is 0 Å². The summed E-state index contributed by atoms with van der Waals surface area (Å²) in [5, 5.41) is 15.8. The smallest absolute Gasteiger partial charge is 0.152 e. The molecule has 0 aromatic heterocycles. The molecule has 3 aromatic rings. The van der Waals surface area contributed by atoms with Gasteiger partial charge in [-0.1, -0.05) is 109 Å². The fraction of sp³-hybridized carbons (Fsp3) is 0. The summed E-state index contributed by atoms with van der Waals surface area (Å²) >= 11 is 0. The van der Waals surface area contributed by atoms with Crippen LogP contribution in [0.4, 0.5) is 0 Å². The molecule has 0 aliphatic heterocycles. The van der Waals surface area contributed by atoms with Crippen LogP contribution >= 0.6 is 0 Å². The Hall–Kier alpha value is -3.54. The molecule has 0 amide bonds. The summed E-state index contributed by atoms with van der Waals surface area (Å²) in [5.74, 6) is 0. The normalized spacial score (nSPS) is 7.00. The molecule has 3 rings (SSSR count). The summed E-state index contributed by atoms with van der Waals surface area (Å²) in [5.41, 5.74) is 0. The summed E-state index contributed by atoms with van der Waals surface area (Å²) in [7, 11) is 0. The topological polar surface area (TPSA) is 99.3 Å². The molecule has 0 aliphatic rings. The van der Waals surface area contributed by atoms with E-state index in [4.69, 9.17) is 20.2 Å². The Kier molecular flexibility index (Phi) is 23.2. The lowest BCUT2D eigenvalue weighted by Gasteiger charge is -1.69. The zero-order chi connectivity index (χ0) is 18.1. The number of nitrogens with zero attached hydrogens (tertiary/aromatic N) is 2. The van der Waals surface area contributed by atoms with Crippen molar-refractivity contribution in [3.8, 4) is 0 Å². The predicted molar refractivity (Wildman–Crippen MR) is 94.5 cm³/mol. The van der Waals surface area contributed by atoms with E-state index in [-0.39, 0.29) is 0 Å². The van der Waals surface area contributed by atoms with Crippen molar-refractivity contribution < 1.29 is 10.4 Å². The van der Waals surface area contributed by atoms with Crippen LogP contribution in [0.3, 0.4) is 0 Å². The minimum atomic E-state index is 1.25. The van der Waals surface area contributed by atoms with E-state index < -0.39 is 0 Å². The van der Waals surface area contributed by atoms with Gasteiger partial charge in [-0.15, -0.1) is 9.81 Å². The van der Waals surface area contributed by atoms with Crippen molar-refractivity contribution in [2.24, 2.45) is 10.7 Å². The Labute approximate surface area is 140 Å². The molecule has 0 saturated heterocycles. The van der Waals surface area contributed by atoms with E-state index >= 15 is 0 Å². The van der Waals surface area contributed by atoms with Crippen LogP contribution in [0.25, 0.3) is 0 Å². The Balaban J connectivity index is 0. The third-order valence-corrected chi connectivity index (χ3v) is 2.00. The molecule has 0 atom stereocenters. The second kappa shape index (κ2) is 24.5. The number of rotatable bonds is 0. The van der Waals surface area contributed by atoms with Gasteiger partial charge in [0.2, 0.25) is 0 Å². The van der Waals surface area contributed by atoms with Gasteiger partial charge in [0.15, 0.2) is 10.7 Å². The molecule has 126 valence electrons. The van der Waals surface area contributed by atoms with Crippen LogP contribution in [-0.2, 0) is 0 Å². The van der Waals surface area contributed by atoms with Gasteiger partial charge in [-0.05, 0) is 0 Å². The number of hydrogen-bond donors (Lipinski definition) is 2. The maximum absolute atomic E-state index is 8.11. The van der Waals surface area contributed by atoms with E-state index in [0.717, 1.165) is 0 Å². The highest BCUT2D eigenvalue weighted by Crippen LogP contribution is 1.81. The fourth-order valence-electron chi connectivity index (χ4n) is 1.15. The van der Waals surface area contributed by atoms with Gasteiger partial charge in [-0.25, -0.2) is 0 Å². The quantitative estimate of drug-likeness (QED) is 0.429. The molecular formula is C18H20N2O4. The highest BCUT2D eigenvalue weighted by Gasteiger charge is 1.59. The summed E-state index contributed by atoms with van der Waals surface area (Å²) < 4.78 is 0. The second-order valence-electron chi connectivity index (χ2n) is 3.63. The molecule has 0 unspecified atom stereocenters. The highest BCUT2D eigenvalue weighted by molar-refractivity contribution is 5.00. The summed E-state index contributed by atoms with van der Waals surface area (Å²) in [6.45, 7) is 0. The Bertz CT molecular complexity index is 391. The van der Waals surface area contributed by atoms with E-state index in [9.17, 15) is 0 Å². The first-order chi connectivity index (χ1) is 11.8. The predicted octanol–water partition coefficient (Wildman–Crippen LogP) is 5.34. The zero-order valence-electron chi connectivity index (χ0n) is 13.0. The number of benzene rings is 3. The lowest BCUT2D eigenvalue weighted by atomic mass is 10.4. The average Bonchev–Trinajstić information content (AvgIpc) is 2.68. The molecule has 0 heterocycles. The third-order valence-electron chi connectivity index (χ3n) is 2.00. The Morgan fingerprint density at radius 1 is 0.333 bits per heavy atom. The van der Waals surface area contributed by atoms with Crippen molar-refractivity contribution in [2.45, 2.75) is 0 Å². The van der Waals surface area contributed by atoms with Crippen LogP contribution in [0.2, 0.25) is 0 Å². The van der Waals surface area contributed by atoms with Gasteiger partial charge in [0.05, 0.1) is 0 Å². The monoisotopic (exact) mass is 328 g/mol. The second-order valence-corrected chi connectivity index (χ2v) is 3.63. The molecule has 3 aromatic carbocycles. The van der Waals surface area contributed by atoms with Crippen LogP contribution in [-0.4, -0.2) is 10.4 Å². The van der Waals surface area contributed by atoms with Crippen LogP contribution in [0, 0.1) is 9.81 Å². The summed E-state index contributed by atoms with van der Waals surface area (Å²) in [4.78, 5) is 16.2. The van der Waals surface area contributed by atoms with Crippen LogP contribution in [0.15, 0.2) is 120 Å². The van der Waals surface area contributed by atoms with Crippen molar-refractivity contribution in [1.82, 2.24) is 0 Å². The van der Waals surface area contributed by atoms with Crippen LogP contribution in [0.5, 0.6) is 0 Å². The van der Waals surface area contributed by atoms with Crippen molar-refractivity contribution in [2.75, 3.05) is 0 Å². The van der Waals surface area contributed by atoms with Gasteiger partial charge in [-0.2, -0.15) is 0 Å². The molecular weight excluding hydrogens is 308 g/mol. The molecule has 0 fully saturated rings. The first-order valence-electron chi connectivity index (χ1n) is 6.77. The number of hydrogen-bond acceptors (Lipinski definition) is 4.